The van der Waals surface area contributed by atoms with Gasteiger partial charge in [0.25, 0.3) is 0 Å². The molecule has 1 aromatic carbocycles. The molecule has 2 aromatic rings. The Morgan fingerprint density at radius 2 is 2.10 bits per heavy atom. The van der Waals surface area contributed by atoms with Gasteiger partial charge >= 0.3 is 0 Å². The number of nitrogens with zero attached hydrogens (tertiary/aromatic N) is 1. The number of amides is 1. The van der Waals surface area contributed by atoms with Gasteiger partial charge < -0.3 is 9.84 Å². The lowest BCUT2D eigenvalue weighted by Gasteiger charge is -2.06. The summed E-state index contributed by atoms with van der Waals surface area (Å²) in [6.07, 6.45) is 0. The van der Waals surface area contributed by atoms with Gasteiger partial charge in [0.05, 0.1) is 17.1 Å². The van der Waals surface area contributed by atoms with Crippen molar-refractivity contribution in [3.8, 4) is 0 Å². The molecule has 2 rings (SSSR count). The van der Waals surface area contributed by atoms with Gasteiger partial charge in [0.15, 0.2) is 9.84 Å². The smallest absolute Gasteiger partial charge is 0.239 e. The first-order chi connectivity index (χ1) is 9.85. The molecule has 21 heavy (non-hydrogen) atoms. The lowest BCUT2D eigenvalue weighted by Crippen LogP contribution is -2.24. The summed E-state index contributed by atoms with van der Waals surface area (Å²) in [5.41, 5.74) is 0.168. The molecule has 0 aliphatic carbocycles. The van der Waals surface area contributed by atoms with Gasteiger partial charge in [0.2, 0.25) is 5.91 Å². The molecule has 0 radical (unpaired) electrons. The third-order valence-electron chi connectivity index (χ3n) is 2.54. The van der Waals surface area contributed by atoms with E-state index in [9.17, 15) is 17.6 Å². The fourth-order valence-electron chi connectivity index (χ4n) is 1.71. The number of nitrogens with one attached hydrogen (secondary N) is 1. The van der Waals surface area contributed by atoms with Crippen LogP contribution in [0.25, 0.3) is 0 Å². The van der Waals surface area contributed by atoms with Crippen LogP contribution in [0.5, 0.6) is 0 Å². The molecular weight excluding hydrogens is 299 g/mol. The second-order valence-corrected chi connectivity index (χ2v) is 6.55. The van der Waals surface area contributed by atoms with E-state index in [-0.39, 0.29) is 11.4 Å². The molecule has 0 aliphatic heterocycles. The predicted molar refractivity (Wildman–Crippen MR) is 73.8 cm³/mol. The van der Waals surface area contributed by atoms with E-state index in [0.717, 1.165) is 0 Å². The highest BCUT2D eigenvalue weighted by molar-refractivity contribution is 7.91. The number of rotatable bonds is 5. The fourth-order valence-corrected chi connectivity index (χ4v) is 2.87. The molecule has 0 saturated carbocycles. The maximum atomic E-state index is 13.3. The molecule has 0 aliphatic rings. The summed E-state index contributed by atoms with van der Waals surface area (Å²) >= 11 is 0. The van der Waals surface area contributed by atoms with Gasteiger partial charge in [-0.05, 0) is 19.1 Å². The van der Waals surface area contributed by atoms with E-state index >= 15 is 0 Å². The molecule has 0 fully saturated rings. The van der Waals surface area contributed by atoms with E-state index in [4.69, 9.17) is 4.52 Å². The van der Waals surface area contributed by atoms with E-state index in [0.29, 0.717) is 5.76 Å². The molecule has 0 saturated heterocycles. The molecule has 8 heteroatoms. The van der Waals surface area contributed by atoms with Crippen LogP contribution < -0.4 is 5.32 Å². The Bertz CT molecular complexity index is 755. The molecule has 1 aromatic heterocycles. The molecule has 0 bridgehead atoms. The Labute approximate surface area is 120 Å². The van der Waals surface area contributed by atoms with E-state index < -0.39 is 33.1 Å². The van der Waals surface area contributed by atoms with E-state index in [1.54, 1.807) is 6.92 Å². The summed E-state index contributed by atoms with van der Waals surface area (Å²) < 4.78 is 41.8. The van der Waals surface area contributed by atoms with Crippen LogP contribution in [0.3, 0.4) is 0 Å². The van der Waals surface area contributed by atoms with E-state index in [1.165, 1.54) is 30.3 Å². The molecule has 112 valence electrons. The minimum atomic E-state index is -3.71. The fraction of sp³-hybridized carbons (Fsp3) is 0.231. The topological polar surface area (TPSA) is 89.3 Å². The van der Waals surface area contributed by atoms with Crippen LogP contribution in [-0.2, 0) is 20.4 Å². The van der Waals surface area contributed by atoms with E-state index in [1.807, 2.05) is 0 Å². The summed E-state index contributed by atoms with van der Waals surface area (Å²) in [4.78, 5) is 11.7. The first-order valence-corrected chi connectivity index (χ1v) is 7.85. The van der Waals surface area contributed by atoms with Gasteiger partial charge in [-0.2, -0.15) is 0 Å². The molecule has 0 unspecified atom stereocenters. The summed E-state index contributed by atoms with van der Waals surface area (Å²) in [7, 11) is -3.71. The van der Waals surface area contributed by atoms with Gasteiger partial charge in [-0.15, -0.1) is 0 Å². The monoisotopic (exact) mass is 312 g/mol. The molecule has 1 heterocycles. The highest BCUT2D eigenvalue weighted by atomic mass is 32.2. The number of carbonyl (C=O) groups excluding carboxylic acids is 1. The van der Waals surface area contributed by atoms with Crippen LogP contribution in [0.2, 0.25) is 0 Å². The van der Waals surface area contributed by atoms with Crippen LogP contribution in [0, 0.1) is 12.7 Å². The summed E-state index contributed by atoms with van der Waals surface area (Å²) in [5.74, 6) is -2.12. The number of hydrogen-bond acceptors (Lipinski definition) is 5. The zero-order valence-corrected chi connectivity index (χ0v) is 12.0. The van der Waals surface area contributed by atoms with Crippen molar-refractivity contribution in [1.29, 1.82) is 0 Å². The number of sulfone groups is 1. The second-order valence-electron chi connectivity index (χ2n) is 4.49. The Morgan fingerprint density at radius 3 is 2.71 bits per heavy atom. The zero-order chi connectivity index (χ0) is 15.5. The summed E-state index contributed by atoms with van der Waals surface area (Å²) in [6.45, 7) is 1.63. The van der Waals surface area contributed by atoms with Crippen LogP contribution in [-0.4, -0.2) is 25.2 Å². The SMILES string of the molecule is Cc1cc(CS(=O)(=O)CC(=O)Nc2ccccc2F)no1. The number of anilines is 1. The quantitative estimate of drug-likeness (QED) is 0.907. The van der Waals surface area contributed by atoms with Crippen molar-refractivity contribution < 1.29 is 22.1 Å². The number of carbonyl (C=O) groups is 1. The minimum Gasteiger partial charge on any atom is -0.361 e. The molecule has 0 spiro atoms. The van der Waals surface area contributed by atoms with Gasteiger partial charge in [-0.3, -0.25) is 4.79 Å². The van der Waals surface area contributed by atoms with Gasteiger partial charge in [0.1, 0.15) is 17.3 Å². The molecule has 6 nitrogen and oxygen atoms in total. The second kappa shape index (κ2) is 6.04. The Hall–Kier alpha value is -2.22. The van der Waals surface area contributed by atoms with Crippen LogP contribution in [0.4, 0.5) is 10.1 Å². The zero-order valence-electron chi connectivity index (χ0n) is 11.2. The van der Waals surface area contributed by atoms with Gasteiger partial charge in [-0.25, -0.2) is 12.8 Å². The Kier molecular flexibility index (Phi) is 4.37. The van der Waals surface area contributed by atoms with Crippen molar-refractivity contribution in [2.45, 2.75) is 12.7 Å². The van der Waals surface area contributed by atoms with Crippen molar-refractivity contribution in [3.63, 3.8) is 0 Å². The number of para-hydroxylation sites is 1. The average molecular weight is 312 g/mol. The number of aryl methyl sites for hydroxylation is 1. The average Bonchev–Trinajstić information content (AvgIpc) is 2.76. The first-order valence-electron chi connectivity index (χ1n) is 6.03. The van der Waals surface area contributed by atoms with Crippen LogP contribution in [0.15, 0.2) is 34.9 Å². The molecule has 0 atom stereocenters. The Balaban J connectivity index is 2.00. The standard InChI is InChI=1S/C13H13FN2O4S/c1-9-6-10(16-20-9)7-21(18,19)8-13(17)15-12-5-3-2-4-11(12)14/h2-6H,7-8H2,1H3,(H,15,17). The first kappa shape index (κ1) is 15.2. The predicted octanol–water partition coefficient (Wildman–Crippen LogP) is 1.68. The number of hydrogen-bond donors (Lipinski definition) is 1. The normalized spacial score (nSPS) is 11.3. The number of halogens is 1. The molecule has 1 amide bonds. The third-order valence-corrected chi connectivity index (χ3v) is 3.98. The van der Waals surface area contributed by atoms with Crippen LogP contribution >= 0.6 is 0 Å². The maximum absolute atomic E-state index is 13.3. The highest BCUT2D eigenvalue weighted by Crippen LogP contribution is 2.13. The lowest BCUT2D eigenvalue weighted by atomic mass is 10.3. The van der Waals surface area contributed by atoms with Crippen molar-refractivity contribution >= 4 is 21.4 Å². The van der Waals surface area contributed by atoms with E-state index in [2.05, 4.69) is 10.5 Å². The number of aromatic nitrogens is 1. The van der Waals surface area contributed by atoms with Crippen molar-refractivity contribution in [2.24, 2.45) is 0 Å². The van der Waals surface area contributed by atoms with Crippen molar-refractivity contribution in [3.05, 3.63) is 47.6 Å². The molecule has 1 N–H and O–H groups in total. The van der Waals surface area contributed by atoms with Crippen LogP contribution in [0.1, 0.15) is 11.5 Å². The number of benzene rings is 1. The Morgan fingerprint density at radius 1 is 1.38 bits per heavy atom. The third kappa shape index (κ3) is 4.38. The maximum Gasteiger partial charge on any atom is 0.239 e. The van der Waals surface area contributed by atoms with Crippen molar-refractivity contribution in [1.82, 2.24) is 5.16 Å². The van der Waals surface area contributed by atoms with Gasteiger partial charge in [-0.1, -0.05) is 17.3 Å². The van der Waals surface area contributed by atoms with Gasteiger partial charge in [0, 0.05) is 6.07 Å². The largest absolute Gasteiger partial charge is 0.361 e. The minimum absolute atomic E-state index is 0.0602. The highest BCUT2D eigenvalue weighted by Gasteiger charge is 2.20. The van der Waals surface area contributed by atoms with Crippen molar-refractivity contribution in [2.75, 3.05) is 11.1 Å². The lowest BCUT2D eigenvalue weighted by molar-refractivity contribution is -0.113. The summed E-state index contributed by atoms with van der Waals surface area (Å²) in [5, 5.41) is 5.78. The molecular formula is C13H13FN2O4S. The summed E-state index contributed by atoms with van der Waals surface area (Å²) in [6, 6.07) is 7.00.